The van der Waals surface area contributed by atoms with Gasteiger partial charge in [-0.25, -0.2) is 9.78 Å². The first-order valence-electron chi connectivity index (χ1n) is 5.40. The Bertz CT molecular complexity index is 488. The Balaban J connectivity index is 1.96. The molecule has 1 heterocycles. The number of nitrogens with one attached hydrogen (secondary N) is 2. The summed E-state index contributed by atoms with van der Waals surface area (Å²) in [6.07, 6.45) is 1.50. The van der Waals surface area contributed by atoms with Gasteiger partial charge in [-0.2, -0.15) is 0 Å². The molecule has 5 heteroatoms. The summed E-state index contributed by atoms with van der Waals surface area (Å²) in [6.45, 7) is 1.99. The first kappa shape index (κ1) is 12.4. The van der Waals surface area contributed by atoms with E-state index in [1.807, 2.05) is 31.2 Å². The number of carbonyl (C=O) groups is 1. The van der Waals surface area contributed by atoms with Crippen LogP contribution in [-0.2, 0) is 0 Å². The molecule has 2 rings (SSSR count). The summed E-state index contributed by atoms with van der Waals surface area (Å²) in [5.74, 6) is 0. The van der Waals surface area contributed by atoms with E-state index in [9.17, 15) is 4.79 Å². The second-order valence-electron chi connectivity index (χ2n) is 3.81. The SMILES string of the molecule is Cc1ccc(NC(=O)Nc2ccc(Cl)nc2)cc1. The minimum atomic E-state index is -0.317. The van der Waals surface area contributed by atoms with Crippen LogP contribution in [0.4, 0.5) is 16.2 Å². The quantitative estimate of drug-likeness (QED) is 0.810. The molecule has 2 N–H and O–H groups in total. The van der Waals surface area contributed by atoms with E-state index in [1.54, 1.807) is 12.1 Å². The van der Waals surface area contributed by atoms with E-state index < -0.39 is 0 Å². The van der Waals surface area contributed by atoms with Crippen LogP contribution in [0.3, 0.4) is 0 Å². The van der Waals surface area contributed by atoms with Gasteiger partial charge in [0.1, 0.15) is 5.15 Å². The summed E-state index contributed by atoms with van der Waals surface area (Å²) in [5.41, 5.74) is 2.46. The zero-order valence-electron chi connectivity index (χ0n) is 9.77. The maximum Gasteiger partial charge on any atom is 0.323 e. The van der Waals surface area contributed by atoms with Gasteiger partial charge in [0.25, 0.3) is 0 Å². The summed E-state index contributed by atoms with van der Waals surface area (Å²) in [7, 11) is 0. The Morgan fingerprint density at radius 2 is 1.67 bits per heavy atom. The normalized spacial score (nSPS) is 9.89. The lowest BCUT2D eigenvalue weighted by Gasteiger charge is -2.07. The van der Waals surface area contributed by atoms with Gasteiger partial charge >= 0.3 is 6.03 Å². The van der Waals surface area contributed by atoms with Gasteiger partial charge in [-0.1, -0.05) is 29.3 Å². The zero-order chi connectivity index (χ0) is 13.0. The monoisotopic (exact) mass is 261 g/mol. The van der Waals surface area contributed by atoms with Crippen LogP contribution >= 0.6 is 11.6 Å². The van der Waals surface area contributed by atoms with Crippen LogP contribution in [-0.4, -0.2) is 11.0 Å². The van der Waals surface area contributed by atoms with Crippen molar-refractivity contribution in [3.8, 4) is 0 Å². The summed E-state index contributed by atoms with van der Waals surface area (Å²) in [4.78, 5) is 15.5. The lowest BCUT2D eigenvalue weighted by Crippen LogP contribution is -2.19. The first-order chi connectivity index (χ1) is 8.63. The predicted octanol–water partition coefficient (Wildman–Crippen LogP) is 3.69. The van der Waals surface area contributed by atoms with Crippen molar-refractivity contribution in [1.82, 2.24) is 4.98 Å². The standard InChI is InChI=1S/C13H12ClN3O/c1-9-2-4-10(5-3-9)16-13(18)17-11-6-7-12(14)15-8-11/h2-8H,1H3,(H2,16,17,18). The third-order valence-electron chi connectivity index (χ3n) is 2.29. The van der Waals surface area contributed by atoms with Crippen LogP contribution in [0.5, 0.6) is 0 Å². The number of urea groups is 1. The van der Waals surface area contributed by atoms with Crippen LogP contribution in [0.1, 0.15) is 5.56 Å². The van der Waals surface area contributed by atoms with Crippen LogP contribution < -0.4 is 10.6 Å². The molecule has 92 valence electrons. The van der Waals surface area contributed by atoms with Gasteiger partial charge in [0.15, 0.2) is 0 Å². The van der Waals surface area contributed by atoms with E-state index in [-0.39, 0.29) is 6.03 Å². The molecule has 4 nitrogen and oxygen atoms in total. The topological polar surface area (TPSA) is 54.0 Å². The van der Waals surface area contributed by atoms with Gasteiger partial charge in [0, 0.05) is 5.69 Å². The van der Waals surface area contributed by atoms with Crippen molar-refractivity contribution in [2.45, 2.75) is 6.92 Å². The van der Waals surface area contributed by atoms with Gasteiger partial charge in [-0.15, -0.1) is 0 Å². The molecule has 0 saturated carbocycles. The highest BCUT2D eigenvalue weighted by atomic mass is 35.5. The van der Waals surface area contributed by atoms with Gasteiger partial charge in [-0.3, -0.25) is 0 Å². The molecule has 0 atom stereocenters. The predicted molar refractivity (Wildman–Crippen MR) is 73.1 cm³/mol. The fraction of sp³-hybridized carbons (Fsp3) is 0.0769. The van der Waals surface area contributed by atoms with E-state index in [0.29, 0.717) is 10.8 Å². The summed E-state index contributed by atoms with van der Waals surface area (Å²) >= 11 is 5.65. The van der Waals surface area contributed by atoms with Crippen LogP contribution in [0, 0.1) is 6.92 Å². The van der Waals surface area contributed by atoms with Crippen molar-refractivity contribution >= 4 is 29.0 Å². The van der Waals surface area contributed by atoms with Gasteiger partial charge in [0.2, 0.25) is 0 Å². The molecule has 0 spiro atoms. The zero-order valence-corrected chi connectivity index (χ0v) is 10.5. The van der Waals surface area contributed by atoms with Crippen molar-refractivity contribution in [2.24, 2.45) is 0 Å². The molecule has 2 aromatic rings. The Labute approximate surface area is 110 Å². The number of aryl methyl sites for hydroxylation is 1. The minimum absolute atomic E-state index is 0.317. The molecule has 2 amide bonds. The average Bonchev–Trinajstić information content (AvgIpc) is 2.35. The number of hydrogen-bond donors (Lipinski definition) is 2. The molecule has 0 aliphatic rings. The molecular formula is C13H12ClN3O. The number of hydrogen-bond acceptors (Lipinski definition) is 2. The Morgan fingerprint density at radius 3 is 2.28 bits per heavy atom. The fourth-order valence-corrected chi connectivity index (χ4v) is 1.49. The van der Waals surface area contributed by atoms with Crippen molar-refractivity contribution in [1.29, 1.82) is 0 Å². The molecule has 0 unspecified atom stereocenters. The van der Waals surface area contributed by atoms with Crippen LogP contribution in [0.25, 0.3) is 0 Å². The number of pyridine rings is 1. The minimum Gasteiger partial charge on any atom is -0.308 e. The van der Waals surface area contributed by atoms with Crippen molar-refractivity contribution in [3.63, 3.8) is 0 Å². The second kappa shape index (κ2) is 5.51. The van der Waals surface area contributed by atoms with Crippen molar-refractivity contribution in [2.75, 3.05) is 10.6 Å². The number of halogens is 1. The van der Waals surface area contributed by atoms with Gasteiger partial charge < -0.3 is 10.6 Å². The highest BCUT2D eigenvalue weighted by Crippen LogP contribution is 2.12. The Hall–Kier alpha value is -2.07. The molecular weight excluding hydrogens is 250 g/mol. The first-order valence-corrected chi connectivity index (χ1v) is 5.77. The molecule has 0 bridgehead atoms. The molecule has 0 saturated heterocycles. The maximum atomic E-state index is 11.7. The summed E-state index contributed by atoms with van der Waals surface area (Å²) < 4.78 is 0. The molecule has 18 heavy (non-hydrogen) atoms. The smallest absolute Gasteiger partial charge is 0.308 e. The molecule has 0 aliphatic heterocycles. The number of nitrogens with zero attached hydrogens (tertiary/aromatic N) is 1. The number of benzene rings is 1. The number of carbonyl (C=O) groups excluding carboxylic acids is 1. The number of aromatic nitrogens is 1. The van der Waals surface area contributed by atoms with E-state index in [1.165, 1.54) is 6.20 Å². The number of rotatable bonds is 2. The van der Waals surface area contributed by atoms with Crippen LogP contribution in [0.2, 0.25) is 5.15 Å². The molecule has 0 fully saturated rings. The summed E-state index contributed by atoms with van der Waals surface area (Å²) in [5, 5.41) is 5.77. The van der Waals surface area contributed by atoms with E-state index in [2.05, 4.69) is 15.6 Å². The highest BCUT2D eigenvalue weighted by molar-refractivity contribution is 6.29. The van der Waals surface area contributed by atoms with E-state index in [0.717, 1.165) is 11.3 Å². The van der Waals surface area contributed by atoms with Crippen LogP contribution in [0.15, 0.2) is 42.6 Å². The molecule has 0 radical (unpaired) electrons. The van der Waals surface area contributed by atoms with Crippen molar-refractivity contribution < 1.29 is 4.79 Å². The maximum absolute atomic E-state index is 11.7. The summed E-state index contributed by atoms with van der Waals surface area (Å²) in [6, 6.07) is 10.5. The third-order valence-corrected chi connectivity index (χ3v) is 2.52. The van der Waals surface area contributed by atoms with Crippen molar-refractivity contribution in [3.05, 3.63) is 53.3 Å². The lowest BCUT2D eigenvalue weighted by molar-refractivity contribution is 0.262. The van der Waals surface area contributed by atoms with Gasteiger partial charge in [-0.05, 0) is 31.2 Å². The second-order valence-corrected chi connectivity index (χ2v) is 4.20. The lowest BCUT2D eigenvalue weighted by atomic mass is 10.2. The Kier molecular flexibility index (Phi) is 3.79. The third kappa shape index (κ3) is 3.46. The number of anilines is 2. The Morgan fingerprint density at radius 1 is 1.06 bits per heavy atom. The average molecular weight is 262 g/mol. The fourth-order valence-electron chi connectivity index (χ4n) is 1.38. The van der Waals surface area contributed by atoms with E-state index >= 15 is 0 Å². The molecule has 1 aromatic heterocycles. The van der Waals surface area contributed by atoms with E-state index in [4.69, 9.17) is 11.6 Å². The largest absolute Gasteiger partial charge is 0.323 e. The number of amides is 2. The van der Waals surface area contributed by atoms with Gasteiger partial charge in [0.05, 0.1) is 11.9 Å². The molecule has 0 aliphatic carbocycles. The molecule has 1 aromatic carbocycles. The highest BCUT2D eigenvalue weighted by Gasteiger charge is 2.02.